The van der Waals surface area contributed by atoms with Crippen LogP contribution in [-0.2, 0) is 0 Å². The van der Waals surface area contributed by atoms with Crippen LogP contribution in [0.1, 0.15) is 46.0 Å². The van der Waals surface area contributed by atoms with Crippen LogP contribution in [0.2, 0.25) is 0 Å². The Morgan fingerprint density at radius 3 is 2.25 bits per heavy atom. The lowest BCUT2D eigenvalue weighted by molar-refractivity contribution is -0.0465. The van der Waals surface area contributed by atoms with Gasteiger partial charge in [-0.3, -0.25) is 0 Å². The number of rotatable bonds is 1. The van der Waals surface area contributed by atoms with Crippen LogP contribution >= 0.6 is 0 Å². The molecule has 0 heterocycles. The molecule has 3 unspecified atom stereocenters. The second-order valence-electron chi connectivity index (χ2n) is 5.08. The molecule has 0 aromatic carbocycles. The molecule has 0 amide bonds. The summed E-state index contributed by atoms with van der Waals surface area (Å²) in [5, 5.41) is 10.3. The van der Waals surface area contributed by atoms with E-state index in [4.69, 9.17) is 0 Å². The quantitative estimate of drug-likeness (QED) is 0.638. The van der Waals surface area contributed by atoms with Crippen LogP contribution in [0.4, 0.5) is 0 Å². The van der Waals surface area contributed by atoms with Gasteiger partial charge in [0.05, 0.1) is 5.60 Å². The molecule has 0 aromatic heterocycles. The third-order valence-electron chi connectivity index (χ3n) is 4.02. The maximum absolute atomic E-state index is 10.3. The van der Waals surface area contributed by atoms with Crippen molar-refractivity contribution in [2.75, 3.05) is 0 Å². The Balaban J connectivity index is 2.00. The van der Waals surface area contributed by atoms with Crippen molar-refractivity contribution in [3.63, 3.8) is 0 Å². The molecule has 2 aliphatic rings. The van der Waals surface area contributed by atoms with Crippen LogP contribution in [0.15, 0.2) is 0 Å². The Morgan fingerprint density at radius 2 is 1.75 bits per heavy atom. The molecule has 70 valence electrons. The first-order valence-electron chi connectivity index (χ1n) is 5.34. The first-order chi connectivity index (χ1) is 5.62. The van der Waals surface area contributed by atoms with Gasteiger partial charge in [0.25, 0.3) is 0 Å². The summed E-state index contributed by atoms with van der Waals surface area (Å²) in [6.45, 7) is 4.61. The van der Waals surface area contributed by atoms with E-state index in [0.717, 1.165) is 24.7 Å². The van der Waals surface area contributed by atoms with E-state index in [1.807, 2.05) is 0 Å². The van der Waals surface area contributed by atoms with E-state index in [9.17, 15) is 5.11 Å². The van der Waals surface area contributed by atoms with Crippen LogP contribution in [-0.4, -0.2) is 10.7 Å². The molecule has 0 bridgehead atoms. The molecule has 2 fully saturated rings. The molecule has 2 saturated carbocycles. The van der Waals surface area contributed by atoms with Crippen molar-refractivity contribution in [3.05, 3.63) is 0 Å². The minimum absolute atomic E-state index is 0.258. The molecule has 1 N–H and O–H groups in total. The monoisotopic (exact) mass is 168 g/mol. The van der Waals surface area contributed by atoms with E-state index < -0.39 is 0 Å². The van der Waals surface area contributed by atoms with E-state index in [0.29, 0.717) is 5.92 Å². The molecule has 3 atom stereocenters. The van der Waals surface area contributed by atoms with E-state index in [1.165, 1.54) is 19.3 Å². The lowest BCUT2D eigenvalue weighted by atomic mass is 9.71. The van der Waals surface area contributed by atoms with Gasteiger partial charge in [-0.05, 0) is 49.9 Å². The molecule has 2 aliphatic carbocycles. The topological polar surface area (TPSA) is 20.2 Å². The zero-order valence-corrected chi connectivity index (χ0v) is 8.21. The second kappa shape index (κ2) is 2.73. The fourth-order valence-corrected chi connectivity index (χ4v) is 2.61. The Hall–Kier alpha value is -0.0400. The molecule has 0 aromatic rings. The van der Waals surface area contributed by atoms with Crippen molar-refractivity contribution in [2.24, 2.45) is 17.8 Å². The fourth-order valence-electron chi connectivity index (χ4n) is 2.61. The van der Waals surface area contributed by atoms with Gasteiger partial charge in [0, 0.05) is 0 Å². The zero-order valence-electron chi connectivity index (χ0n) is 8.21. The van der Waals surface area contributed by atoms with E-state index in [-0.39, 0.29) is 5.60 Å². The Bertz CT molecular complexity index is 174. The SMILES string of the molecule is CC1CCC(O)(C2CC2)CC1C. The van der Waals surface area contributed by atoms with E-state index >= 15 is 0 Å². The highest BCUT2D eigenvalue weighted by atomic mass is 16.3. The standard InChI is InChI=1S/C11H20O/c1-8-5-6-11(12,7-9(8)2)10-3-4-10/h8-10,12H,3-7H2,1-2H3. The molecule has 0 aliphatic heterocycles. The van der Waals surface area contributed by atoms with Crippen molar-refractivity contribution in [2.45, 2.75) is 51.6 Å². The average Bonchev–Trinajstić information content (AvgIpc) is 2.79. The minimum atomic E-state index is -0.258. The number of aliphatic hydroxyl groups is 1. The smallest absolute Gasteiger partial charge is 0.0678 e. The molecule has 0 saturated heterocycles. The van der Waals surface area contributed by atoms with Gasteiger partial charge in [-0.1, -0.05) is 13.8 Å². The molecule has 2 rings (SSSR count). The Morgan fingerprint density at radius 1 is 1.08 bits per heavy atom. The lowest BCUT2D eigenvalue weighted by Crippen LogP contribution is -2.39. The highest BCUT2D eigenvalue weighted by Crippen LogP contribution is 2.49. The summed E-state index contributed by atoms with van der Waals surface area (Å²) in [6.07, 6.45) is 5.89. The van der Waals surface area contributed by atoms with Crippen molar-refractivity contribution in [3.8, 4) is 0 Å². The number of hydrogen-bond donors (Lipinski definition) is 1. The zero-order chi connectivity index (χ0) is 8.77. The summed E-state index contributed by atoms with van der Waals surface area (Å²) in [4.78, 5) is 0. The molecular formula is C11H20O. The van der Waals surface area contributed by atoms with Crippen molar-refractivity contribution in [1.82, 2.24) is 0 Å². The van der Waals surface area contributed by atoms with Gasteiger partial charge in [-0.2, -0.15) is 0 Å². The average molecular weight is 168 g/mol. The molecule has 0 radical (unpaired) electrons. The van der Waals surface area contributed by atoms with Gasteiger partial charge in [-0.25, -0.2) is 0 Å². The van der Waals surface area contributed by atoms with Crippen LogP contribution in [0.5, 0.6) is 0 Å². The van der Waals surface area contributed by atoms with Crippen molar-refractivity contribution in [1.29, 1.82) is 0 Å². The van der Waals surface area contributed by atoms with Crippen LogP contribution < -0.4 is 0 Å². The summed E-state index contributed by atoms with van der Waals surface area (Å²) in [5.74, 6) is 2.21. The van der Waals surface area contributed by atoms with Gasteiger partial charge in [0.15, 0.2) is 0 Å². The minimum Gasteiger partial charge on any atom is -0.390 e. The van der Waals surface area contributed by atoms with Crippen LogP contribution in [0.3, 0.4) is 0 Å². The van der Waals surface area contributed by atoms with Crippen molar-refractivity contribution < 1.29 is 5.11 Å². The van der Waals surface area contributed by atoms with Crippen molar-refractivity contribution >= 4 is 0 Å². The van der Waals surface area contributed by atoms with Crippen LogP contribution in [0.25, 0.3) is 0 Å². The second-order valence-corrected chi connectivity index (χ2v) is 5.08. The normalized spacial score (nSPS) is 49.2. The Kier molecular flexibility index (Phi) is 1.95. The summed E-state index contributed by atoms with van der Waals surface area (Å²) in [6, 6.07) is 0. The fraction of sp³-hybridized carbons (Fsp3) is 1.00. The highest BCUT2D eigenvalue weighted by molar-refractivity contribution is 4.98. The first kappa shape index (κ1) is 8.55. The summed E-state index contributed by atoms with van der Waals surface area (Å²) < 4.78 is 0. The maximum atomic E-state index is 10.3. The predicted molar refractivity (Wildman–Crippen MR) is 49.9 cm³/mol. The van der Waals surface area contributed by atoms with Gasteiger partial charge in [0.1, 0.15) is 0 Å². The molecule has 1 nitrogen and oxygen atoms in total. The highest BCUT2D eigenvalue weighted by Gasteiger charge is 2.46. The number of hydrogen-bond acceptors (Lipinski definition) is 1. The van der Waals surface area contributed by atoms with Gasteiger partial charge in [0.2, 0.25) is 0 Å². The molecular weight excluding hydrogens is 148 g/mol. The van der Waals surface area contributed by atoms with Gasteiger partial charge in [-0.15, -0.1) is 0 Å². The summed E-state index contributed by atoms with van der Waals surface area (Å²) in [5.41, 5.74) is -0.258. The lowest BCUT2D eigenvalue weighted by Gasteiger charge is -2.39. The molecule has 0 spiro atoms. The van der Waals surface area contributed by atoms with Gasteiger partial charge >= 0.3 is 0 Å². The van der Waals surface area contributed by atoms with E-state index in [2.05, 4.69) is 13.8 Å². The van der Waals surface area contributed by atoms with E-state index in [1.54, 1.807) is 0 Å². The predicted octanol–water partition coefficient (Wildman–Crippen LogP) is 2.58. The molecule has 12 heavy (non-hydrogen) atoms. The maximum Gasteiger partial charge on any atom is 0.0678 e. The molecule has 1 heteroatoms. The summed E-state index contributed by atoms with van der Waals surface area (Å²) in [7, 11) is 0. The first-order valence-corrected chi connectivity index (χ1v) is 5.34. The van der Waals surface area contributed by atoms with Gasteiger partial charge < -0.3 is 5.11 Å². The Labute approximate surface area is 75.2 Å². The largest absolute Gasteiger partial charge is 0.390 e. The summed E-state index contributed by atoms with van der Waals surface area (Å²) >= 11 is 0. The third-order valence-corrected chi connectivity index (χ3v) is 4.02. The third kappa shape index (κ3) is 1.39. The van der Waals surface area contributed by atoms with Crippen LogP contribution in [0, 0.1) is 17.8 Å².